The van der Waals surface area contributed by atoms with E-state index in [0.717, 1.165) is 0 Å². The van der Waals surface area contributed by atoms with E-state index in [2.05, 4.69) is 0 Å². The van der Waals surface area contributed by atoms with E-state index in [0.29, 0.717) is 18.8 Å². The largest absolute Gasteiger partial charge is 0.375 e. The Hall–Kier alpha value is -1.17. The molecule has 1 atom stereocenters. The number of nitrogens with two attached hydrogens (primary N) is 1. The van der Waals surface area contributed by atoms with Crippen LogP contribution in [0.15, 0.2) is 18.2 Å². The van der Waals surface area contributed by atoms with Crippen molar-refractivity contribution in [3.05, 3.63) is 38.9 Å². The molecule has 1 unspecified atom stereocenters. The summed E-state index contributed by atoms with van der Waals surface area (Å²) in [6.45, 7) is 2.53. The van der Waals surface area contributed by atoms with Crippen LogP contribution in [-0.4, -0.2) is 17.6 Å². The molecule has 0 fully saturated rings. The summed E-state index contributed by atoms with van der Waals surface area (Å²) in [5, 5.41) is 10.7. The van der Waals surface area contributed by atoms with Crippen LogP contribution in [0.5, 0.6) is 0 Å². The molecule has 1 rings (SSSR count). The van der Waals surface area contributed by atoms with Crippen LogP contribution in [0.4, 0.5) is 5.69 Å². The van der Waals surface area contributed by atoms with Crippen LogP contribution in [0.3, 0.4) is 0 Å². The van der Waals surface area contributed by atoms with Crippen LogP contribution in [0.25, 0.3) is 0 Å². The fourth-order valence-electron chi connectivity index (χ4n) is 1.15. The lowest BCUT2D eigenvalue weighted by Crippen LogP contribution is -2.21. The smallest absolute Gasteiger partial charge is 0.288 e. The van der Waals surface area contributed by atoms with Crippen LogP contribution < -0.4 is 5.73 Å². The molecule has 0 saturated carbocycles. The Morgan fingerprint density at radius 2 is 2.31 bits per heavy atom. The van der Waals surface area contributed by atoms with E-state index < -0.39 is 4.92 Å². The highest BCUT2D eigenvalue weighted by Gasteiger charge is 2.12. The molecule has 0 saturated heterocycles. The van der Waals surface area contributed by atoms with E-state index in [1.54, 1.807) is 6.07 Å². The Bertz CT molecular complexity index is 382. The van der Waals surface area contributed by atoms with Gasteiger partial charge in [-0.15, -0.1) is 0 Å². The molecule has 6 heteroatoms. The van der Waals surface area contributed by atoms with E-state index >= 15 is 0 Å². The van der Waals surface area contributed by atoms with Gasteiger partial charge in [-0.05, 0) is 18.6 Å². The van der Waals surface area contributed by atoms with Crippen molar-refractivity contribution in [3.63, 3.8) is 0 Å². The summed E-state index contributed by atoms with van der Waals surface area (Å²) < 4.78 is 5.27. The number of rotatable bonds is 5. The summed E-state index contributed by atoms with van der Waals surface area (Å²) in [5.41, 5.74) is 6.10. The fourth-order valence-corrected chi connectivity index (χ4v) is 1.34. The molecule has 16 heavy (non-hydrogen) atoms. The van der Waals surface area contributed by atoms with Gasteiger partial charge in [0.1, 0.15) is 5.02 Å². The Morgan fingerprint density at radius 3 is 2.88 bits per heavy atom. The molecule has 1 aromatic carbocycles. The van der Waals surface area contributed by atoms with E-state index in [1.165, 1.54) is 12.1 Å². The number of hydrogen-bond donors (Lipinski definition) is 1. The number of nitrogens with zero attached hydrogens (tertiary/aromatic N) is 1. The summed E-state index contributed by atoms with van der Waals surface area (Å²) in [7, 11) is 0. The van der Waals surface area contributed by atoms with Crippen molar-refractivity contribution in [1.82, 2.24) is 0 Å². The van der Waals surface area contributed by atoms with Crippen LogP contribution in [0.2, 0.25) is 5.02 Å². The molecular weight excluding hydrogens is 232 g/mol. The highest BCUT2D eigenvalue weighted by atomic mass is 35.5. The first-order valence-electron chi connectivity index (χ1n) is 4.77. The Morgan fingerprint density at radius 1 is 1.62 bits per heavy atom. The lowest BCUT2D eigenvalue weighted by atomic mass is 10.2. The fraction of sp³-hybridized carbons (Fsp3) is 0.400. The van der Waals surface area contributed by atoms with Crippen LogP contribution in [0.1, 0.15) is 12.5 Å². The van der Waals surface area contributed by atoms with Gasteiger partial charge >= 0.3 is 0 Å². The van der Waals surface area contributed by atoms with Crippen molar-refractivity contribution >= 4 is 17.3 Å². The molecule has 2 N–H and O–H groups in total. The van der Waals surface area contributed by atoms with Gasteiger partial charge in [0.2, 0.25) is 0 Å². The normalized spacial score (nSPS) is 12.4. The van der Waals surface area contributed by atoms with Crippen molar-refractivity contribution in [1.29, 1.82) is 0 Å². The first-order chi connectivity index (χ1) is 7.50. The molecule has 88 valence electrons. The quantitative estimate of drug-likeness (QED) is 0.636. The molecule has 0 aliphatic heterocycles. The number of benzene rings is 1. The minimum atomic E-state index is -0.516. The molecule has 0 aliphatic rings. The zero-order valence-corrected chi connectivity index (χ0v) is 9.61. The van der Waals surface area contributed by atoms with Gasteiger partial charge in [-0.1, -0.05) is 17.7 Å². The number of nitro groups is 1. The highest BCUT2D eigenvalue weighted by molar-refractivity contribution is 6.32. The van der Waals surface area contributed by atoms with Crippen LogP contribution in [0, 0.1) is 10.1 Å². The van der Waals surface area contributed by atoms with E-state index in [9.17, 15) is 10.1 Å². The lowest BCUT2D eigenvalue weighted by Gasteiger charge is -2.07. The predicted molar refractivity (Wildman–Crippen MR) is 61.4 cm³/mol. The Labute approximate surface area is 98.3 Å². The third-order valence-corrected chi connectivity index (χ3v) is 2.18. The topological polar surface area (TPSA) is 78.4 Å². The molecule has 0 aliphatic carbocycles. The molecule has 0 amide bonds. The SMILES string of the molecule is CC(N)COCc1ccc(Cl)c([N+](=O)[O-])c1. The summed E-state index contributed by atoms with van der Waals surface area (Å²) >= 11 is 5.67. The molecule has 5 nitrogen and oxygen atoms in total. The van der Waals surface area contributed by atoms with Crippen molar-refractivity contribution < 1.29 is 9.66 Å². The maximum atomic E-state index is 10.6. The van der Waals surface area contributed by atoms with Gasteiger partial charge in [0, 0.05) is 12.1 Å². The average Bonchev–Trinajstić information content (AvgIpc) is 2.19. The minimum absolute atomic E-state index is 0.0534. The molecule has 0 aromatic heterocycles. The standard InChI is InChI=1S/C10H13ClN2O3/c1-7(12)5-16-6-8-2-3-9(11)10(4-8)13(14)15/h2-4,7H,5-6,12H2,1H3. The Balaban J connectivity index is 2.68. The second kappa shape index (κ2) is 5.79. The van der Waals surface area contributed by atoms with Crippen molar-refractivity contribution in [3.8, 4) is 0 Å². The number of hydrogen-bond acceptors (Lipinski definition) is 4. The first-order valence-corrected chi connectivity index (χ1v) is 5.14. The number of ether oxygens (including phenoxy) is 1. The summed E-state index contributed by atoms with van der Waals surface area (Å²) in [6, 6.07) is 4.53. The molecule has 1 aromatic rings. The number of halogens is 1. The lowest BCUT2D eigenvalue weighted by molar-refractivity contribution is -0.384. The average molecular weight is 245 g/mol. The van der Waals surface area contributed by atoms with Crippen molar-refractivity contribution in [2.75, 3.05) is 6.61 Å². The van der Waals surface area contributed by atoms with Crippen LogP contribution >= 0.6 is 11.6 Å². The molecule has 0 radical (unpaired) electrons. The van der Waals surface area contributed by atoms with Crippen molar-refractivity contribution in [2.24, 2.45) is 5.73 Å². The zero-order valence-electron chi connectivity index (χ0n) is 8.85. The van der Waals surface area contributed by atoms with Gasteiger partial charge in [0.05, 0.1) is 18.1 Å². The van der Waals surface area contributed by atoms with Crippen LogP contribution in [-0.2, 0) is 11.3 Å². The predicted octanol–water partition coefficient (Wildman–Crippen LogP) is 2.11. The minimum Gasteiger partial charge on any atom is -0.375 e. The number of nitro benzene ring substituents is 1. The van der Waals surface area contributed by atoms with Gasteiger partial charge in [0.15, 0.2) is 0 Å². The van der Waals surface area contributed by atoms with Crippen molar-refractivity contribution in [2.45, 2.75) is 19.6 Å². The molecule has 0 bridgehead atoms. The van der Waals surface area contributed by atoms with Gasteiger partial charge in [0.25, 0.3) is 5.69 Å². The maximum absolute atomic E-state index is 10.6. The molecular formula is C10H13ClN2O3. The maximum Gasteiger partial charge on any atom is 0.288 e. The van der Waals surface area contributed by atoms with E-state index in [-0.39, 0.29) is 16.8 Å². The Kier molecular flexibility index (Phi) is 4.67. The first kappa shape index (κ1) is 12.9. The highest BCUT2D eigenvalue weighted by Crippen LogP contribution is 2.25. The second-order valence-corrected chi connectivity index (χ2v) is 3.94. The van der Waals surface area contributed by atoms with E-state index in [1.807, 2.05) is 6.92 Å². The molecule has 0 heterocycles. The van der Waals surface area contributed by atoms with E-state index in [4.69, 9.17) is 22.1 Å². The third kappa shape index (κ3) is 3.77. The zero-order chi connectivity index (χ0) is 12.1. The second-order valence-electron chi connectivity index (χ2n) is 3.54. The third-order valence-electron chi connectivity index (χ3n) is 1.86. The monoisotopic (exact) mass is 244 g/mol. The summed E-state index contributed by atoms with van der Waals surface area (Å²) in [4.78, 5) is 10.1. The van der Waals surface area contributed by atoms with Gasteiger partial charge in [-0.25, -0.2) is 0 Å². The van der Waals surface area contributed by atoms with Gasteiger partial charge in [-0.2, -0.15) is 0 Å². The summed E-state index contributed by atoms with van der Waals surface area (Å²) in [5.74, 6) is 0. The van der Waals surface area contributed by atoms with Gasteiger partial charge < -0.3 is 10.5 Å². The summed E-state index contributed by atoms with van der Waals surface area (Å²) in [6.07, 6.45) is 0. The van der Waals surface area contributed by atoms with Gasteiger partial charge in [-0.3, -0.25) is 10.1 Å². The molecule has 0 spiro atoms.